The van der Waals surface area contributed by atoms with Crippen molar-refractivity contribution in [1.82, 2.24) is 15.5 Å². The second kappa shape index (κ2) is 13.1. The molecule has 0 radical (unpaired) electrons. The molecular weight excluding hydrogens is 491 g/mol. The van der Waals surface area contributed by atoms with E-state index >= 15 is 0 Å². The Labute approximate surface area is 196 Å². The Balaban J connectivity index is 0.00000320. The van der Waals surface area contributed by atoms with E-state index in [1.165, 1.54) is 0 Å². The van der Waals surface area contributed by atoms with E-state index in [-0.39, 0.29) is 29.9 Å². The van der Waals surface area contributed by atoms with Crippen LogP contribution in [0, 0.1) is 0 Å². The van der Waals surface area contributed by atoms with Gasteiger partial charge in [-0.1, -0.05) is 42.5 Å². The number of nitrogens with one attached hydrogen (secondary N) is 2. The molecule has 1 amide bonds. The summed E-state index contributed by atoms with van der Waals surface area (Å²) >= 11 is 0. The predicted octanol–water partition coefficient (Wildman–Crippen LogP) is 3.56. The number of hydrogen-bond acceptors (Lipinski definition) is 3. The Morgan fingerprint density at radius 1 is 1.10 bits per heavy atom. The molecule has 162 valence electrons. The maximum atomic E-state index is 11.8. The minimum Gasteiger partial charge on any atom is -0.492 e. The highest BCUT2D eigenvalue weighted by molar-refractivity contribution is 14.0. The van der Waals surface area contributed by atoms with Crippen LogP contribution in [0.3, 0.4) is 0 Å². The maximum Gasteiger partial charge on any atom is 0.222 e. The van der Waals surface area contributed by atoms with Crippen molar-refractivity contribution in [3.05, 3.63) is 65.7 Å². The summed E-state index contributed by atoms with van der Waals surface area (Å²) in [6, 6.07) is 18.1. The fraction of sp³-hybridized carbons (Fsp3) is 0.391. The van der Waals surface area contributed by atoms with E-state index in [4.69, 9.17) is 4.74 Å². The van der Waals surface area contributed by atoms with Gasteiger partial charge < -0.3 is 20.3 Å². The average Bonchev–Trinajstić information content (AvgIpc) is 3.15. The molecule has 1 saturated heterocycles. The summed E-state index contributed by atoms with van der Waals surface area (Å²) in [4.78, 5) is 18.4. The molecule has 0 bridgehead atoms. The highest BCUT2D eigenvalue weighted by Crippen LogP contribution is 2.15. The van der Waals surface area contributed by atoms with Gasteiger partial charge in [-0.15, -0.1) is 24.0 Å². The lowest BCUT2D eigenvalue weighted by atomic mass is 10.1. The number of aliphatic imine (C=N–C) groups is 1. The molecule has 1 aliphatic rings. The van der Waals surface area contributed by atoms with Crippen molar-refractivity contribution in [3.8, 4) is 5.75 Å². The van der Waals surface area contributed by atoms with E-state index in [0.29, 0.717) is 32.7 Å². The van der Waals surface area contributed by atoms with Gasteiger partial charge in [-0.3, -0.25) is 4.79 Å². The Morgan fingerprint density at radius 2 is 1.90 bits per heavy atom. The Morgan fingerprint density at radius 3 is 2.63 bits per heavy atom. The highest BCUT2D eigenvalue weighted by Gasteiger charge is 2.19. The summed E-state index contributed by atoms with van der Waals surface area (Å²) in [6.45, 7) is 6.20. The average molecular weight is 522 g/mol. The quantitative estimate of drug-likeness (QED) is 0.229. The lowest BCUT2D eigenvalue weighted by Gasteiger charge is -2.16. The van der Waals surface area contributed by atoms with Gasteiger partial charge in [0.05, 0.1) is 13.1 Å². The number of amides is 1. The zero-order valence-corrected chi connectivity index (χ0v) is 19.8. The number of hydrogen-bond donors (Lipinski definition) is 2. The minimum absolute atomic E-state index is 0. The number of ether oxygens (including phenoxy) is 1. The van der Waals surface area contributed by atoms with Crippen LogP contribution in [0.4, 0.5) is 0 Å². The Bertz CT molecular complexity index is 814. The summed E-state index contributed by atoms with van der Waals surface area (Å²) in [5.74, 6) is 1.89. The molecule has 0 saturated carbocycles. The van der Waals surface area contributed by atoms with Crippen molar-refractivity contribution in [2.45, 2.75) is 32.9 Å². The van der Waals surface area contributed by atoms with Crippen molar-refractivity contribution in [2.75, 3.05) is 26.2 Å². The molecule has 0 unspecified atom stereocenters. The topological polar surface area (TPSA) is 66.0 Å². The van der Waals surface area contributed by atoms with Crippen LogP contribution in [0.2, 0.25) is 0 Å². The number of halogens is 1. The lowest BCUT2D eigenvalue weighted by molar-refractivity contribution is -0.128. The van der Waals surface area contributed by atoms with Gasteiger partial charge in [0.1, 0.15) is 12.4 Å². The van der Waals surface area contributed by atoms with E-state index in [0.717, 1.165) is 42.3 Å². The normalized spacial score (nSPS) is 13.7. The number of benzene rings is 2. The van der Waals surface area contributed by atoms with E-state index in [1.807, 2.05) is 48.2 Å². The third-order valence-electron chi connectivity index (χ3n) is 4.71. The van der Waals surface area contributed by atoms with Crippen LogP contribution in [0.5, 0.6) is 5.75 Å². The molecule has 7 heteroatoms. The molecule has 6 nitrogen and oxygen atoms in total. The number of guanidine groups is 1. The summed E-state index contributed by atoms with van der Waals surface area (Å²) in [5.41, 5.74) is 2.29. The van der Waals surface area contributed by atoms with Crippen molar-refractivity contribution in [3.63, 3.8) is 0 Å². The minimum atomic E-state index is 0. The van der Waals surface area contributed by atoms with Crippen LogP contribution >= 0.6 is 24.0 Å². The molecular formula is C23H31IN4O2. The first kappa shape index (κ1) is 24.0. The first-order valence-electron chi connectivity index (χ1n) is 10.3. The van der Waals surface area contributed by atoms with Crippen molar-refractivity contribution >= 4 is 35.8 Å². The largest absolute Gasteiger partial charge is 0.492 e. The lowest BCUT2D eigenvalue weighted by Crippen LogP contribution is -2.39. The zero-order valence-electron chi connectivity index (χ0n) is 17.5. The smallest absolute Gasteiger partial charge is 0.222 e. The van der Waals surface area contributed by atoms with Crippen LogP contribution < -0.4 is 15.4 Å². The molecule has 0 atom stereocenters. The molecule has 0 aliphatic carbocycles. The van der Waals surface area contributed by atoms with Crippen LogP contribution in [-0.4, -0.2) is 43.0 Å². The molecule has 3 rings (SSSR count). The predicted molar refractivity (Wildman–Crippen MR) is 131 cm³/mol. The van der Waals surface area contributed by atoms with Crippen LogP contribution in [0.25, 0.3) is 0 Å². The first-order chi connectivity index (χ1) is 14.2. The second-order valence-corrected chi connectivity index (χ2v) is 7.02. The fourth-order valence-corrected chi connectivity index (χ4v) is 3.29. The van der Waals surface area contributed by atoms with Gasteiger partial charge in [0.25, 0.3) is 0 Å². The second-order valence-electron chi connectivity index (χ2n) is 7.02. The highest BCUT2D eigenvalue weighted by atomic mass is 127. The van der Waals surface area contributed by atoms with Crippen LogP contribution in [-0.2, 0) is 17.9 Å². The summed E-state index contributed by atoms with van der Waals surface area (Å²) < 4.78 is 5.71. The summed E-state index contributed by atoms with van der Waals surface area (Å²) in [5, 5.41) is 6.56. The van der Waals surface area contributed by atoms with E-state index in [1.54, 1.807) is 0 Å². The van der Waals surface area contributed by atoms with Crippen LogP contribution in [0.1, 0.15) is 30.9 Å². The number of carbonyl (C=O) groups excluding carboxylic acids is 1. The van der Waals surface area contributed by atoms with Gasteiger partial charge in [0.15, 0.2) is 5.96 Å². The van der Waals surface area contributed by atoms with Crippen molar-refractivity contribution in [1.29, 1.82) is 0 Å². The molecule has 2 aromatic carbocycles. The van der Waals surface area contributed by atoms with Gasteiger partial charge in [-0.25, -0.2) is 4.99 Å². The third kappa shape index (κ3) is 7.85. The number of para-hydroxylation sites is 1. The van der Waals surface area contributed by atoms with Gasteiger partial charge in [0.2, 0.25) is 5.91 Å². The number of nitrogens with zero attached hydrogens (tertiary/aromatic N) is 2. The molecule has 1 heterocycles. The number of carbonyl (C=O) groups is 1. The molecule has 30 heavy (non-hydrogen) atoms. The van der Waals surface area contributed by atoms with Gasteiger partial charge in [0, 0.05) is 26.1 Å². The summed E-state index contributed by atoms with van der Waals surface area (Å²) in [6.07, 6.45) is 1.64. The molecule has 0 aromatic heterocycles. The summed E-state index contributed by atoms with van der Waals surface area (Å²) in [7, 11) is 0. The molecule has 2 aromatic rings. The van der Waals surface area contributed by atoms with Gasteiger partial charge >= 0.3 is 0 Å². The van der Waals surface area contributed by atoms with Crippen molar-refractivity contribution < 1.29 is 9.53 Å². The fourth-order valence-electron chi connectivity index (χ4n) is 3.29. The third-order valence-corrected chi connectivity index (χ3v) is 4.71. The molecule has 2 N–H and O–H groups in total. The van der Waals surface area contributed by atoms with E-state index < -0.39 is 0 Å². The Kier molecular flexibility index (Phi) is 10.5. The van der Waals surface area contributed by atoms with E-state index in [9.17, 15) is 4.79 Å². The standard InChI is InChI=1S/C23H30N4O2.HI/c1-2-24-23(25-13-15-29-21-10-4-3-5-11-21)26-17-19-8-6-9-20(16-19)18-27-14-7-12-22(27)28;/h3-6,8-11,16H,2,7,12-15,17-18H2,1H3,(H2,24,25,26);1H. The monoisotopic (exact) mass is 522 g/mol. The molecule has 1 aliphatic heterocycles. The first-order valence-corrected chi connectivity index (χ1v) is 10.3. The maximum absolute atomic E-state index is 11.8. The number of rotatable bonds is 9. The van der Waals surface area contributed by atoms with Gasteiger partial charge in [-0.05, 0) is 36.6 Å². The SMILES string of the molecule is CCNC(=NCc1cccc(CN2CCCC2=O)c1)NCCOc1ccccc1.I. The van der Waals surface area contributed by atoms with Gasteiger partial charge in [-0.2, -0.15) is 0 Å². The molecule has 0 spiro atoms. The van der Waals surface area contributed by atoms with Crippen molar-refractivity contribution in [2.24, 2.45) is 4.99 Å². The van der Waals surface area contributed by atoms with Crippen LogP contribution in [0.15, 0.2) is 59.6 Å². The van der Waals surface area contributed by atoms with E-state index in [2.05, 4.69) is 33.8 Å². The Hall–Kier alpha value is -2.29. The zero-order chi connectivity index (χ0) is 20.3. The molecule has 1 fully saturated rings. The number of likely N-dealkylation sites (tertiary alicyclic amines) is 1.